The number of anilines is 1. The fourth-order valence-corrected chi connectivity index (χ4v) is 3.36. The fourth-order valence-electron chi connectivity index (χ4n) is 2.37. The van der Waals surface area contributed by atoms with Crippen molar-refractivity contribution in [2.24, 2.45) is 5.92 Å². The lowest BCUT2D eigenvalue weighted by Crippen LogP contribution is -2.37. The lowest BCUT2D eigenvalue weighted by molar-refractivity contribution is 0.0697. The zero-order chi connectivity index (χ0) is 16.0. The summed E-state index contributed by atoms with van der Waals surface area (Å²) >= 11 is 1.25. The van der Waals surface area contributed by atoms with Gasteiger partial charge in [0.25, 0.3) is 0 Å². The Morgan fingerprint density at radius 2 is 2.00 bits per heavy atom. The van der Waals surface area contributed by atoms with Gasteiger partial charge in [0.15, 0.2) is 5.13 Å². The van der Waals surface area contributed by atoms with Gasteiger partial charge >= 0.3 is 5.97 Å². The highest BCUT2D eigenvalue weighted by atomic mass is 32.1. The lowest BCUT2D eigenvalue weighted by Gasteiger charge is -2.31. The van der Waals surface area contributed by atoms with Gasteiger partial charge in [-0.1, -0.05) is 39.0 Å². The van der Waals surface area contributed by atoms with Crippen LogP contribution in [-0.2, 0) is 11.3 Å². The molecule has 0 aliphatic carbocycles. The molecule has 6 heteroatoms. The first-order chi connectivity index (χ1) is 9.94. The summed E-state index contributed by atoms with van der Waals surface area (Å²) in [5.74, 6) is -0.437. The Hall–Kier alpha value is -1.14. The Labute approximate surface area is 130 Å². The molecule has 1 N–H and O–H groups in total. The smallest absolute Gasteiger partial charge is 0.347 e. The highest BCUT2D eigenvalue weighted by Gasteiger charge is 2.24. The second-order valence-electron chi connectivity index (χ2n) is 5.53. The number of carboxylic acid groups (broad SMARTS) is 1. The molecule has 0 aromatic carbocycles. The molecule has 0 atom stereocenters. The summed E-state index contributed by atoms with van der Waals surface area (Å²) in [5.41, 5.74) is 0.518. The van der Waals surface area contributed by atoms with Gasteiger partial charge in [-0.15, -0.1) is 0 Å². The Kier molecular flexibility index (Phi) is 7.11. The minimum absolute atomic E-state index is 0.233. The first-order valence-corrected chi connectivity index (χ1v) is 8.24. The minimum Gasteiger partial charge on any atom is -0.477 e. The molecule has 0 saturated heterocycles. The van der Waals surface area contributed by atoms with Crippen LogP contribution in [-0.4, -0.2) is 35.8 Å². The van der Waals surface area contributed by atoms with Gasteiger partial charge in [0.05, 0.1) is 12.3 Å². The summed E-state index contributed by atoms with van der Waals surface area (Å²) in [7, 11) is 1.55. The van der Waals surface area contributed by atoms with Crippen LogP contribution < -0.4 is 4.90 Å². The number of carbonyl (C=O) groups is 1. The molecule has 5 nitrogen and oxygen atoms in total. The third-order valence-electron chi connectivity index (χ3n) is 3.35. The van der Waals surface area contributed by atoms with Crippen molar-refractivity contribution in [3.63, 3.8) is 0 Å². The van der Waals surface area contributed by atoms with Gasteiger partial charge in [-0.2, -0.15) is 0 Å². The van der Waals surface area contributed by atoms with E-state index in [1.54, 1.807) is 7.11 Å². The Bertz CT molecular complexity index is 456. The van der Waals surface area contributed by atoms with E-state index in [1.807, 2.05) is 0 Å². The number of ether oxygens (including phenoxy) is 1. The Morgan fingerprint density at radius 1 is 1.38 bits per heavy atom. The van der Waals surface area contributed by atoms with Crippen LogP contribution in [0.3, 0.4) is 0 Å². The molecule has 1 rings (SSSR count). The zero-order valence-corrected chi connectivity index (χ0v) is 14.4. The monoisotopic (exact) mass is 314 g/mol. The summed E-state index contributed by atoms with van der Waals surface area (Å²) in [6, 6.07) is 0.385. The van der Waals surface area contributed by atoms with Gasteiger partial charge < -0.3 is 14.7 Å². The number of rotatable bonds is 9. The molecule has 0 amide bonds. The molecule has 0 spiro atoms. The maximum Gasteiger partial charge on any atom is 0.347 e. The second-order valence-corrected chi connectivity index (χ2v) is 6.50. The number of aromatic nitrogens is 1. The van der Waals surface area contributed by atoms with Crippen molar-refractivity contribution in [2.45, 2.75) is 53.2 Å². The Morgan fingerprint density at radius 3 is 2.43 bits per heavy atom. The van der Waals surface area contributed by atoms with Crippen molar-refractivity contribution in [1.29, 1.82) is 0 Å². The number of hydrogen-bond donors (Lipinski definition) is 1. The summed E-state index contributed by atoms with van der Waals surface area (Å²) in [6.45, 7) is 9.75. The summed E-state index contributed by atoms with van der Waals surface area (Å²) in [4.78, 5) is 18.4. The topological polar surface area (TPSA) is 62.7 Å². The second kappa shape index (κ2) is 8.34. The fraction of sp³-hybridized carbons (Fsp3) is 0.733. The predicted octanol–water partition coefficient (Wildman–Crippen LogP) is 3.64. The quantitative estimate of drug-likeness (QED) is 0.754. The molecule has 1 heterocycles. The average molecular weight is 314 g/mol. The number of hydrogen-bond acceptors (Lipinski definition) is 5. The Balaban J connectivity index is 3.17. The molecule has 0 aliphatic rings. The summed E-state index contributed by atoms with van der Waals surface area (Å²) in [6.07, 6.45) is 2.04. The summed E-state index contributed by atoms with van der Waals surface area (Å²) < 4.78 is 5.07. The van der Waals surface area contributed by atoms with Crippen LogP contribution in [0.25, 0.3) is 0 Å². The molecular formula is C15H26N2O3S. The van der Waals surface area contributed by atoms with E-state index in [2.05, 4.69) is 37.6 Å². The predicted molar refractivity (Wildman–Crippen MR) is 86.3 cm³/mol. The van der Waals surface area contributed by atoms with Crippen molar-refractivity contribution in [2.75, 3.05) is 18.6 Å². The van der Waals surface area contributed by atoms with E-state index in [9.17, 15) is 9.90 Å². The molecule has 1 aromatic heterocycles. The molecule has 0 aliphatic heterocycles. The zero-order valence-electron chi connectivity index (χ0n) is 13.5. The van der Waals surface area contributed by atoms with Crippen LogP contribution in [0.4, 0.5) is 5.13 Å². The minimum atomic E-state index is -0.931. The molecule has 0 saturated carbocycles. The third kappa shape index (κ3) is 4.68. The normalized spacial score (nSPS) is 11.4. The maximum absolute atomic E-state index is 11.4. The first kappa shape index (κ1) is 17.9. The van der Waals surface area contributed by atoms with Crippen molar-refractivity contribution in [3.8, 4) is 0 Å². The van der Waals surface area contributed by atoms with E-state index in [0.717, 1.165) is 24.5 Å². The van der Waals surface area contributed by atoms with Gasteiger partial charge in [0.2, 0.25) is 0 Å². The molecule has 0 radical (unpaired) electrons. The average Bonchev–Trinajstić information content (AvgIpc) is 2.83. The van der Waals surface area contributed by atoms with Crippen molar-refractivity contribution in [3.05, 3.63) is 10.6 Å². The van der Waals surface area contributed by atoms with E-state index >= 15 is 0 Å². The van der Waals surface area contributed by atoms with Crippen LogP contribution in [0.15, 0.2) is 0 Å². The van der Waals surface area contributed by atoms with Crippen LogP contribution in [0.2, 0.25) is 0 Å². The molecule has 21 heavy (non-hydrogen) atoms. The number of aromatic carboxylic acids is 1. The molecule has 120 valence electrons. The van der Waals surface area contributed by atoms with Crippen molar-refractivity contribution >= 4 is 22.4 Å². The molecular weight excluding hydrogens is 288 g/mol. The number of thiazole rings is 1. The van der Waals surface area contributed by atoms with Gasteiger partial charge in [0, 0.05) is 19.7 Å². The standard InChI is InChI=1S/C15H26N2O3S/c1-6-11(7-2)17(8-10(3)4)15-16-12(9-20-5)13(21-15)14(18)19/h10-11H,6-9H2,1-5H3,(H,18,19). The molecule has 0 unspecified atom stereocenters. The highest BCUT2D eigenvalue weighted by Crippen LogP contribution is 2.30. The van der Waals surface area contributed by atoms with E-state index in [-0.39, 0.29) is 11.5 Å². The van der Waals surface area contributed by atoms with Gasteiger partial charge in [-0.05, 0) is 18.8 Å². The van der Waals surface area contributed by atoms with Crippen LogP contribution in [0.1, 0.15) is 55.9 Å². The highest BCUT2D eigenvalue weighted by molar-refractivity contribution is 7.17. The number of methoxy groups -OCH3 is 1. The van der Waals surface area contributed by atoms with Crippen molar-refractivity contribution < 1.29 is 14.6 Å². The van der Waals surface area contributed by atoms with E-state index in [4.69, 9.17) is 4.74 Å². The van der Waals surface area contributed by atoms with Gasteiger partial charge in [-0.3, -0.25) is 0 Å². The third-order valence-corrected chi connectivity index (χ3v) is 4.47. The van der Waals surface area contributed by atoms with Gasteiger partial charge in [0.1, 0.15) is 4.88 Å². The molecule has 0 bridgehead atoms. The maximum atomic E-state index is 11.4. The first-order valence-electron chi connectivity index (χ1n) is 7.43. The largest absolute Gasteiger partial charge is 0.477 e. The molecule has 1 aromatic rings. The van der Waals surface area contributed by atoms with Crippen molar-refractivity contribution in [1.82, 2.24) is 4.98 Å². The SMILES string of the molecule is CCC(CC)N(CC(C)C)c1nc(COC)c(C(=O)O)s1. The van der Waals surface area contributed by atoms with E-state index in [0.29, 0.717) is 17.7 Å². The van der Waals surface area contributed by atoms with Crippen LogP contribution >= 0.6 is 11.3 Å². The van der Waals surface area contributed by atoms with E-state index < -0.39 is 5.97 Å². The van der Waals surface area contributed by atoms with Crippen LogP contribution in [0.5, 0.6) is 0 Å². The van der Waals surface area contributed by atoms with Gasteiger partial charge in [-0.25, -0.2) is 9.78 Å². The number of carboxylic acids is 1. The number of nitrogens with zero attached hydrogens (tertiary/aromatic N) is 2. The summed E-state index contributed by atoms with van der Waals surface area (Å²) in [5, 5.41) is 10.1. The van der Waals surface area contributed by atoms with E-state index in [1.165, 1.54) is 11.3 Å². The van der Waals surface area contributed by atoms with Crippen LogP contribution in [0, 0.1) is 5.92 Å². The molecule has 0 fully saturated rings. The lowest BCUT2D eigenvalue weighted by atomic mass is 10.1.